The van der Waals surface area contributed by atoms with Crippen LogP contribution in [0.25, 0.3) is 10.9 Å². The molecule has 2 aromatic heterocycles. The van der Waals surface area contributed by atoms with Gasteiger partial charge in [-0.3, -0.25) is 9.78 Å². The van der Waals surface area contributed by atoms with E-state index in [4.69, 9.17) is 4.74 Å². The van der Waals surface area contributed by atoms with E-state index in [9.17, 15) is 15.0 Å². The van der Waals surface area contributed by atoms with Gasteiger partial charge in [0.05, 0.1) is 22.9 Å². The van der Waals surface area contributed by atoms with Gasteiger partial charge in [-0.05, 0) is 78.9 Å². The normalized spacial score (nSPS) is 18.7. The maximum absolute atomic E-state index is 11.6. The van der Waals surface area contributed by atoms with Crippen LogP contribution in [-0.2, 0) is 4.79 Å². The zero-order chi connectivity index (χ0) is 23.9. The summed E-state index contributed by atoms with van der Waals surface area (Å²) >= 11 is 3.63. The molecule has 36 heavy (non-hydrogen) atoms. The molecular formula is C26H34Cl2N2O4S2. The summed E-state index contributed by atoms with van der Waals surface area (Å²) in [4.78, 5) is 18.4. The smallest absolute Gasteiger partial charge is 0.303 e. The van der Waals surface area contributed by atoms with Crippen molar-refractivity contribution in [2.24, 2.45) is 11.8 Å². The van der Waals surface area contributed by atoms with Crippen LogP contribution in [0.2, 0.25) is 0 Å². The molecule has 1 saturated heterocycles. The molecule has 1 aromatic carbocycles. The Morgan fingerprint density at radius 2 is 2.11 bits per heavy atom. The van der Waals surface area contributed by atoms with Crippen LogP contribution in [-0.4, -0.2) is 58.6 Å². The number of carbonyl (C=O) groups is 1. The number of aliphatic hydroxyl groups excluding tert-OH is 1. The molecule has 0 amide bonds. The SMILES string of the molecule is COc1ccc2nccc([C@H](O)CC[C@@H]3CCN(CCSc4cccs4)C[C@@H]3CC(=O)O)c2c1.Cl.Cl. The van der Waals surface area contributed by atoms with Crippen molar-refractivity contribution >= 4 is 64.8 Å². The minimum Gasteiger partial charge on any atom is -0.497 e. The van der Waals surface area contributed by atoms with Crippen LogP contribution >= 0.6 is 47.9 Å². The van der Waals surface area contributed by atoms with E-state index in [0.717, 1.165) is 60.4 Å². The molecule has 0 unspecified atom stereocenters. The number of thiophene rings is 1. The van der Waals surface area contributed by atoms with Crippen molar-refractivity contribution in [3.63, 3.8) is 0 Å². The molecule has 1 aliphatic rings. The van der Waals surface area contributed by atoms with E-state index in [0.29, 0.717) is 12.3 Å². The summed E-state index contributed by atoms with van der Waals surface area (Å²) in [6.45, 7) is 2.77. The highest BCUT2D eigenvalue weighted by Crippen LogP contribution is 2.35. The number of halogens is 2. The Bertz CT molecular complexity index is 1090. The number of carboxylic acids is 1. The second-order valence-corrected chi connectivity index (χ2v) is 11.2. The lowest BCUT2D eigenvalue weighted by molar-refractivity contribution is -0.139. The number of hydrogen-bond donors (Lipinski definition) is 2. The molecular weight excluding hydrogens is 539 g/mol. The molecule has 6 nitrogen and oxygen atoms in total. The van der Waals surface area contributed by atoms with E-state index >= 15 is 0 Å². The molecule has 3 aromatic rings. The second kappa shape index (κ2) is 15.0. The van der Waals surface area contributed by atoms with Crippen LogP contribution in [0.4, 0.5) is 0 Å². The highest BCUT2D eigenvalue weighted by Gasteiger charge is 2.31. The molecule has 1 aliphatic heterocycles. The van der Waals surface area contributed by atoms with E-state index in [2.05, 4.69) is 27.4 Å². The molecule has 0 radical (unpaired) electrons. The molecule has 3 heterocycles. The molecule has 2 N–H and O–H groups in total. The van der Waals surface area contributed by atoms with Gasteiger partial charge in [0.25, 0.3) is 0 Å². The number of thioether (sulfide) groups is 1. The van der Waals surface area contributed by atoms with Gasteiger partial charge in [0.2, 0.25) is 0 Å². The molecule has 0 bridgehead atoms. The first-order valence-corrected chi connectivity index (χ1v) is 13.6. The predicted molar refractivity (Wildman–Crippen MR) is 152 cm³/mol. The first kappa shape index (κ1) is 30.7. The number of aromatic nitrogens is 1. The van der Waals surface area contributed by atoms with Gasteiger partial charge in [-0.2, -0.15) is 0 Å². The molecule has 1 fully saturated rings. The first-order chi connectivity index (χ1) is 16.5. The summed E-state index contributed by atoms with van der Waals surface area (Å²) in [7, 11) is 1.63. The Hall–Kier alpha value is -1.55. The number of nitrogens with zero attached hydrogens (tertiary/aromatic N) is 2. The monoisotopic (exact) mass is 572 g/mol. The Labute approximate surface area is 233 Å². The van der Waals surface area contributed by atoms with Gasteiger partial charge >= 0.3 is 5.97 Å². The fourth-order valence-corrected chi connectivity index (χ4v) is 6.77. The second-order valence-electron chi connectivity index (χ2n) is 8.86. The number of fused-ring (bicyclic) bond motifs is 1. The molecule has 0 spiro atoms. The Balaban J connectivity index is 0.00000228. The fraction of sp³-hybridized carbons (Fsp3) is 0.462. The number of pyridine rings is 1. The van der Waals surface area contributed by atoms with Gasteiger partial charge in [-0.15, -0.1) is 47.9 Å². The quantitative estimate of drug-likeness (QED) is 0.266. The fourth-order valence-electron chi connectivity index (χ4n) is 4.91. The van der Waals surface area contributed by atoms with Gasteiger partial charge in [-0.1, -0.05) is 6.07 Å². The van der Waals surface area contributed by atoms with Gasteiger partial charge < -0.3 is 19.8 Å². The van der Waals surface area contributed by atoms with Crippen molar-refractivity contribution in [2.45, 2.75) is 36.0 Å². The molecule has 0 saturated carbocycles. The number of carboxylic acid groups (broad SMARTS) is 1. The summed E-state index contributed by atoms with van der Waals surface area (Å²) < 4.78 is 6.68. The number of likely N-dealkylation sites (tertiary alicyclic amines) is 1. The molecule has 198 valence electrons. The average molecular weight is 574 g/mol. The summed E-state index contributed by atoms with van der Waals surface area (Å²) in [6.07, 6.45) is 3.68. The third kappa shape index (κ3) is 8.23. The molecule has 3 atom stereocenters. The zero-order valence-corrected chi connectivity index (χ0v) is 23.5. The maximum atomic E-state index is 11.6. The van der Waals surface area contributed by atoms with Crippen LogP contribution in [0.5, 0.6) is 5.75 Å². The van der Waals surface area contributed by atoms with Crippen LogP contribution < -0.4 is 4.74 Å². The van der Waals surface area contributed by atoms with E-state index in [1.54, 1.807) is 24.6 Å². The van der Waals surface area contributed by atoms with E-state index in [1.165, 1.54) is 4.21 Å². The lowest BCUT2D eigenvalue weighted by Crippen LogP contribution is -2.42. The Kier molecular flexibility index (Phi) is 12.8. The molecule has 4 rings (SSSR count). The van der Waals surface area contributed by atoms with Crippen molar-refractivity contribution in [1.82, 2.24) is 9.88 Å². The van der Waals surface area contributed by atoms with Crippen LogP contribution in [0.1, 0.15) is 37.4 Å². The maximum Gasteiger partial charge on any atom is 0.303 e. The number of benzene rings is 1. The number of methoxy groups -OCH3 is 1. The van der Waals surface area contributed by atoms with Crippen LogP contribution in [0.3, 0.4) is 0 Å². The topological polar surface area (TPSA) is 82.9 Å². The molecule has 0 aliphatic carbocycles. The minimum atomic E-state index is -0.738. The van der Waals surface area contributed by atoms with Crippen molar-refractivity contribution in [3.05, 3.63) is 53.5 Å². The van der Waals surface area contributed by atoms with Crippen LogP contribution in [0.15, 0.2) is 52.2 Å². The Morgan fingerprint density at radius 1 is 1.28 bits per heavy atom. The van der Waals surface area contributed by atoms with Gasteiger partial charge in [0.1, 0.15) is 5.75 Å². The van der Waals surface area contributed by atoms with Crippen molar-refractivity contribution in [1.29, 1.82) is 0 Å². The van der Waals surface area contributed by atoms with Crippen molar-refractivity contribution in [3.8, 4) is 5.75 Å². The molecule has 10 heteroatoms. The standard InChI is InChI=1S/C26H32N2O4S2.2ClH/c1-32-20-5-6-23-22(16-20)21(8-10-27-23)24(29)7-4-18-9-11-28(17-19(18)15-25(30)31)12-14-34-26-3-2-13-33-26;;/h2-3,5-6,8,10,13,16,18-19,24,29H,4,7,9,11-12,14-15,17H2,1H3,(H,30,31);2*1H/t18-,19+,24-;;/m1../s1. The summed E-state index contributed by atoms with van der Waals surface area (Å²) in [6, 6.07) is 11.8. The van der Waals surface area contributed by atoms with Crippen molar-refractivity contribution in [2.75, 3.05) is 32.5 Å². The average Bonchev–Trinajstić information content (AvgIpc) is 3.36. The number of hydrogen-bond acceptors (Lipinski definition) is 7. The highest BCUT2D eigenvalue weighted by atomic mass is 35.5. The predicted octanol–water partition coefficient (Wildman–Crippen LogP) is 6.17. The zero-order valence-electron chi connectivity index (χ0n) is 20.2. The minimum absolute atomic E-state index is 0. The summed E-state index contributed by atoms with van der Waals surface area (Å²) in [5, 5.41) is 23.5. The first-order valence-electron chi connectivity index (χ1n) is 11.7. The number of aliphatic hydroxyl groups is 1. The third-order valence-corrected chi connectivity index (χ3v) is 8.82. The largest absolute Gasteiger partial charge is 0.497 e. The van der Waals surface area contributed by atoms with Crippen LogP contribution in [0, 0.1) is 11.8 Å². The number of piperidine rings is 1. The number of rotatable bonds is 11. The summed E-state index contributed by atoms with van der Waals surface area (Å²) in [5.41, 5.74) is 1.68. The van der Waals surface area contributed by atoms with Gasteiger partial charge in [0.15, 0.2) is 0 Å². The van der Waals surface area contributed by atoms with Gasteiger partial charge in [-0.25, -0.2) is 0 Å². The third-order valence-electron chi connectivity index (χ3n) is 6.71. The number of ether oxygens (including phenoxy) is 1. The Morgan fingerprint density at radius 3 is 2.83 bits per heavy atom. The number of aliphatic carboxylic acids is 1. The van der Waals surface area contributed by atoms with E-state index < -0.39 is 12.1 Å². The van der Waals surface area contributed by atoms with E-state index in [1.807, 2.05) is 36.0 Å². The van der Waals surface area contributed by atoms with E-state index in [-0.39, 0.29) is 37.2 Å². The lowest BCUT2D eigenvalue weighted by Gasteiger charge is -2.38. The van der Waals surface area contributed by atoms with Gasteiger partial charge in [0, 0.05) is 36.8 Å². The lowest BCUT2D eigenvalue weighted by atomic mass is 9.79. The highest BCUT2D eigenvalue weighted by molar-refractivity contribution is 8.01. The summed E-state index contributed by atoms with van der Waals surface area (Å²) in [5.74, 6) is 1.43. The van der Waals surface area contributed by atoms with Crippen molar-refractivity contribution < 1.29 is 19.7 Å².